The van der Waals surface area contributed by atoms with Gasteiger partial charge in [0.25, 0.3) is 0 Å². The molecule has 1 aliphatic heterocycles. The van der Waals surface area contributed by atoms with Crippen molar-refractivity contribution in [2.75, 3.05) is 33.2 Å². The number of likely N-dealkylation sites (tertiary alicyclic amines) is 1. The van der Waals surface area contributed by atoms with Crippen LogP contribution in [0.15, 0.2) is 33.6 Å². The zero-order chi connectivity index (χ0) is 20.2. The first-order valence-electron chi connectivity index (χ1n) is 9.26. The number of nitrogens with one attached hydrogen (secondary N) is 1. The molecule has 1 aromatic carbocycles. The fourth-order valence-electron chi connectivity index (χ4n) is 3.30. The molecule has 0 aromatic heterocycles. The second-order valence-electron chi connectivity index (χ2n) is 8.00. The second kappa shape index (κ2) is 9.03. The average Bonchev–Trinajstić information content (AvgIpc) is 2.60. The Morgan fingerprint density at radius 1 is 1.33 bits per heavy atom. The number of piperidine rings is 1. The summed E-state index contributed by atoms with van der Waals surface area (Å²) < 4.78 is 27.1. The molecule has 0 spiro atoms. The maximum atomic E-state index is 12.6. The van der Waals surface area contributed by atoms with Gasteiger partial charge in [-0.15, -0.1) is 0 Å². The predicted molar refractivity (Wildman–Crippen MR) is 111 cm³/mol. The summed E-state index contributed by atoms with van der Waals surface area (Å²) in [4.78, 5) is 14.9. The number of amides is 1. The van der Waals surface area contributed by atoms with E-state index in [4.69, 9.17) is 0 Å². The first kappa shape index (κ1) is 22.3. The molecule has 1 amide bonds. The number of halogens is 1. The van der Waals surface area contributed by atoms with Crippen molar-refractivity contribution < 1.29 is 13.2 Å². The van der Waals surface area contributed by atoms with Gasteiger partial charge in [0.1, 0.15) is 0 Å². The van der Waals surface area contributed by atoms with E-state index in [0.717, 1.165) is 21.9 Å². The highest BCUT2D eigenvalue weighted by molar-refractivity contribution is 9.10. The molecule has 0 saturated carbocycles. The number of likely N-dealkylation sites (N-methyl/N-ethyl adjacent to an activating group) is 1. The zero-order valence-electron chi connectivity index (χ0n) is 16.5. The van der Waals surface area contributed by atoms with E-state index in [2.05, 4.69) is 46.9 Å². The first-order valence-corrected chi connectivity index (χ1v) is 11.5. The molecule has 0 radical (unpaired) electrons. The fraction of sp³-hybridized carbons (Fsp3) is 0.632. The summed E-state index contributed by atoms with van der Waals surface area (Å²) in [6.45, 7) is 8.84. The van der Waals surface area contributed by atoms with Crippen molar-refractivity contribution in [2.45, 2.75) is 44.0 Å². The van der Waals surface area contributed by atoms with Crippen molar-refractivity contribution in [1.82, 2.24) is 14.5 Å². The number of carbonyl (C=O) groups is 1. The largest absolute Gasteiger partial charge is 0.353 e. The molecule has 6 nitrogen and oxygen atoms in total. The van der Waals surface area contributed by atoms with Crippen LogP contribution in [-0.4, -0.2) is 62.3 Å². The molecule has 1 unspecified atom stereocenters. The first-order chi connectivity index (χ1) is 12.5. The van der Waals surface area contributed by atoms with Gasteiger partial charge in [-0.3, -0.25) is 9.69 Å². The molecule has 0 bridgehead atoms. The Morgan fingerprint density at radius 3 is 2.56 bits per heavy atom. The second-order valence-corrected chi connectivity index (χ2v) is 11.0. The molecular formula is C19H30BrN3O3S. The molecule has 1 N–H and O–H groups in total. The summed E-state index contributed by atoms with van der Waals surface area (Å²) in [5.74, 6) is 0.368. The highest BCUT2D eigenvalue weighted by Gasteiger charge is 2.31. The molecule has 1 heterocycles. The van der Waals surface area contributed by atoms with Crippen molar-refractivity contribution >= 4 is 31.9 Å². The lowest BCUT2D eigenvalue weighted by atomic mass is 9.93. The van der Waals surface area contributed by atoms with E-state index in [1.807, 2.05) is 0 Å². The van der Waals surface area contributed by atoms with Gasteiger partial charge in [0, 0.05) is 30.1 Å². The quantitative estimate of drug-likeness (QED) is 0.680. The van der Waals surface area contributed by atoms with Crippen LogP contribution in [0.1, 0.15) is 33.6 Å². The molecule has 27 heavy (non-hydrogen) atoms. The van der Waals surface area contributed by atoms with Crippen LogP contribution in [0.2, 0.25) is 0 Å². The Hall–Kier alpha value is -0.960. The summed E-state index contributed by atoms with van der Waals surface area (Å²) in [7, 11) is -2.27. The van der Waals surface area contributed by atoms with E-state index in [9.17, 15) is 13.2 Å². The lowest BCUT2D eigenvalue weighted by molar-refractivity contribution is -0.121. The van der Waals surface area contributed by atoms with Gasteiger partial charge in [-0.25, -0.2) is 8.42 Å². The number of benzene rings is 1. The molecule has 1 atom stereocenters. The normalized spacial score (nSPS) is 19.3. The Morgan fingerprint density at radius 2 is 1.96 bits per heavy atom. The van der Waals surface area contributed by atoms with Gasteiger partial charge in [-0.2, -0.15) is 4.31 Å². The number of sulfonamides is 1. The maximum Gasteiger partial charge on any atom is 0.243 e. The van der Waals surface area contributed by atoms with Gasteiger partial charge in [0.2, 0.25) is 15.9 Å². The third-order valence-electron chi connectivity index (χ3n) is 5.12. The zero-order valence-corrected chi connectivity index (χ0v) is 18.9. The summed E-state index contributed by atoms with van der Waals surface area (Å²) in [6, 6.07) is 6.38. The van der Waals surface area contributed by atoms with Crippen molar-refractivity contribution in [3.05, 3.63) is 28.7 Å². The highest BCUT2D eigenvalue weighted by atomic mass is 79.9. The smallest absolute Gasteiger partial charge is 0.243 e. The molecule has 2 rings (SSSR count). The molecular weight excluding hydrogens is 430 g/mol. The van der Waals surface area contributed by atoms with Crippen molar-refractivity contribution in [1.29, 1.82) is 0 Å². The Balaban J connectivity index is 1.91. The third kappa shape index (κ3) is 6.01. The van der Waals surface area contributed by atoms with Crippen molar-refractivity contribution in [3.63, 3.8) is 0 Å². The van der Waals surface area contributed by atoms with E-state index in [0.29, 0.717) is 12.5 Å². The number of carbonyl (C=O) groups excluding carboxylic acids is 1. The van der Waals surface area contributed by atoms with Gasteiger partial charge in [0.15, 0.2) is 0 Å². The molecule has 8 heteroatoms. The maximum absolute atomic E-state index is 12.6. The fourth-order valence-corrected chi connectivity index (χ4v) is 4.69. The standard InChI is InChI=1S/C19H30BrN3O3S/c1-15-6-5-11-23(12-15)19(2,3)14-21-18(24)13-22(4)27(25,26)17-9-7-16(20)8-10-17/h7-10,15H,5-6,11-14H2,1-4H3,(H,21,24). The van der Waals surface area contributed by atoms with E-state index in [1.54, 1.807) is 12.1 Å². The number of hydrogen-bond donors (Lipinski definition) is 1. The van der Waals surface area contributed by atoms with Gasteiger partial charge >= 0.3 is 0 Å². The van der Waals surface area contributed by atoms with Gasteiger partial charge in [0.05, 0.1) is 11.4 Å². The van der Waals surface area contributed by atoms with Crippen LogP contribution in [0.5, 0.6) is 0 Å². The topological polar surface area (TPSA) is 69.7 Å². The summed E-state index contributed by atoms with van der Waals surface area (Å²) >= 11 is 3.29. The predicted octanol–water partition coefficient (Wildman–Crippen LogP) is 2.70. The van der Waals surface area contributed by atoms with Crippen LogP contribution in [0.25, 0.3) is 0 Å². The van der Waals surface area contributed by atoms with Crippen LogP contribution in [-0.2, 0) is 14.8 Å². The minimum atomic E-state index is -3.69. The van der Waals surface area contributed by atoms with Gasteiger partial charge < -0.3 is 5.32 Å². The number of rotatable bonds is 7. The van der Waals surface area contributed by atoms with E-state index in [1.165, 1.54) is 32.0 Å². The molecule has 1 saturated heterocycles. The summed E-state index contributed by atoms with van der Waals surface area (Å²) in [6.07, 6.45) is 2.42. The number of nitrogens with zero attached hydrogens (tertiary/aromatic N) is 2. The van der Waals surface area contributed by atoms with Crippen LogP contribution >= 0.6 is 15.9 Å². The molecule has 1 fully saturated rings. The summed E-state index contributed by atoms with van der Waals surface area (Å²) in [5, 5.41) is 2.90. The Bertz CT molecular complexity index is 750. The Kier molecular flexibility index (Phi) is 7.47. The molecule has 1 aliphatic rings. The van der Waals surface area contributed by atoms with Crippen LogP contribution < -0.4 is 5.32 Å². The molecule has 1 aromatic rings. The van der Waals surface area contributed by atoms with Crippen LogP contribution in [0.4, 0.5) is 0 Å². The average molecular weight is 460 g/mol. The molecule has 0 aliphatic carbocycles. The monoisotopic (exact) mass is 459 g/mol. The lowest BCUT2D eigenvalue weighted by Crippen LogP contribution is -2.55. The highest BCUT2D eigenvalue weighted by Crippen LogP contribution is 2.23. The summed E-state index contributed by atoms with van der Waals surface area (Å²) in [5.41, 5.74) is -0.159. The van der Waals surface area contributed by atoms with E-state index in [-0.39, 0.29) is 22.9 Å². The van der Waals surface area contributed by atoms with Crippen molar-refractivity contribution in [2.24, 2.45) is 5.92 Å². The van der Waals surface area contributed by atoms with Crippen LogP contribution in [0, 0.1) is 5.92 Å². The van der Waals surface area contributed by atoms with E-state index >= 15 is 0 Å². The van der Waals surface area contributed by atoms with Crippen molar-refractivity contribution in [3.8, 4) is 0 Å². The minimum Gasteiger partial charge on any atom is -0.353 e. The van der Waals surface area contributed by atoms with Gasteiger partial charge in [-0.05, 0) is 63.4 Å². The minimum absolute atomic E-state index is 0.159. The Labute approximate surface area is 171 Å². The van der Waals surface area contributed by atoms with Crippen LogP contribution in [0.3, 0.4) is 0 Å². The molecule has 152 valence electrons. The third-order valence-corrected chi connectivity index (χ3v) is 7.47. The van der Waals surface area contributed by atoms with E-state index < -0.39 is 10.0 Å². The lowest BCUT2D eigenvalue weighted by Gasteiger charge is -2.43. The van der Waals surface area contributed by atoms with Gasteiger partial charge in [-0.1, -0.05) is 22.9 Å². The number of hydrogen-bond acceptors (Lipinski definition) is 4. The SMILES string of the molecule is CC1CCCN(C(C)(C)CNC(=O)CN(C)S(=O)(=O)c2ccc(Br)cc2)C1.